The van der Waals surface area contributed by atoms with E-state index in [1.807, 2.05) is 0 Å². The second kappa shape index (κ2) is 9.19. The Balaban J connectivity index is 2.52. The minimum absolute atomic E-state index is 0.0307. The molecule has 2 unspecified atom stereocenters. The lowest BCUT2D eigenvalue weighted by molar-refractivity contribution is -0.150. The summed E-state index contributed by atoms with van der Waals surface area (Å²) >= 11 is 0. The fourth-order valence-electron chi connectivity index (χ4n) is 3.01. The van der Waals surface area contributed by atoms with E-state index in [0.29, 0.717) is 5.57 Å². The molecular formula is C19H24F3N2O5S+. The number of ether oxygens (including phenoxy) is 2. The molecule has 30 heavy (non-hydrogen) atoms. The van der Waals surface area contributed by atoms with Crippen LogP contribution in [0.2, 0.25) is 0 Å². The maximum atomic E-state index is 13.1. The van der Waals surface area contributed by atoms with Crippen molar-refractivity contribution in [1.29, 1.82) is 0 Å². The molecule has 2 atom stereocenters. The predicted molar refractivity (Wildman–Crippen MR) is 106 cm³/mol. The van der Waals surface area contributed by atoms with Gasteiger partial charge in [0.05, 0.1) is 6.61 Å². The maximum Gasteiger partial charge on any atom is 0.408 e. The van der Waals surface area contributed by atoms with Gasteiger partial charge in [0.2, 0.25) is 0 Å². The van der Waals surface area contributed by atoms with Crippen LogP contribution in [0, 0.1) is 0 Å². The van der Waals surface area contributed by atoms with Gasteiger partial charge in [0.15, 0.2) is 17.5 Å². The zero-order chi connectivity index (χ0) is 22.6. The van der Waals surface area contributed by atoms with Crippen LogP contribution in [0.15, 0.2) is 48.2 Å². The Bertz CT molecular complexity index is 944. The van der Waals surface area contributed by atoms with Crippen LogP contribution < -0.4 is 14.4 Å². The van der Waals surface area contributed by atoms with E-state index in [1.54, 1.807) is 13.0 Å². The summed E-state index contributed by atoms with van der Waals surface area (Å²) in [6, 6.07) is 5.60. The summed E-state index contributed by atoms with van der Waals surface area (Å²) in [5.74, 6) is -2.51. The summed E-state index contributed by atoms with van der Waals surface area (Å²) in [6.07, 6.45) is -1.67. The number of hydrogen-bond acceptors (Lipinski definition) is 6. The van der Waals surface area contributed by atoms with Crippen molar-refractivity contribution in [1.82, 2.24) is 3.89 Å². The average molecular weight is 449 g/mol. The van der Waals surface area contributed by atoms with Crippen molar-refractivity contribution in [2.45, 2.75) is 26.1 Å². The highest BCUT2D eigenvalue weighted by molar-refractivity contribution is 7.91. The molecule has 1 aliphatic rings. The summed E-state index contributed by atoms with van der Waals surface area (Å²) in [5, 5.41) is 0. The molecule has 0 radical (unpaired) electrons. The number of carbonyl (C=O) groups excluding carboxylic acids is 1. The lowest BCUT2D eigenvalue weighted by atomic mass is 10.2. The van der Waals surface area contributed by atoms with E-state index in [0.717, 1.165) is 0 Å². The molecule has 2 N–H and O–H groups in total. The van der Waals surface area contributed by atoms with Crippen LogP contribution in [0.4, 0.5) is 18.9 Å². The maximum absolute atomic E-state index is 13.1. The Morgan fingerprint density at radius 1 is 1.33 bits per heavy atom. The molecule has 0 spiro atoms. The number of halogens is 3. The van der Waals surface area contributed by atoms with Gasteiger partial charge in [-0.25, -0.2) is 4.79 Å². The van der Waals surface area contributed by atoms with Crippen LogP contribution in [0.1, 0.15) is 13.8 Å². The first kappa shape index (κ1) is 23.9. The third-order valence-corrected chi connectivity index (χ3v) is 6.50. The van der Waals surface area contributed by atoms with Crippen molar-refractivity contribution in [3.05, 3.63) is 48.2 Å². The van der Waals surface area contributed by atoms with Crippen molar-refractivity contribution in [2.75, 3.05) is 25.4 Å². The van der Waals surface area contributed by atoms with E-state index < -0.39 is 37.9 Å². The quantitative estimate of drug-likeness (QED) is 0.484. The van der Waals surface area contributed by atoms with Crippen molar-refractivity contribution >= 4 is 21.7 Å². The lowest BCUT2D eigenvalue weighted by Gasteiger charge is -2.34. The van der Waals surface area contributed by atoms with Gasteiger partial charge in [-0.2, -0.15) is 25.5 Å². The summed E-state index contributed by atoms with van der Waals surface area (Å²) in [7, 11) is -4.79. The van der Waals surface area contributed by atoms with Crippen molar-refractivity contribution in [3.63, 3.8) is 0 Å². The largest absolute Gasteiger partial charge is 0.479 e. The molecule has 2 rings (SSSR count). The van der Waals surface area contributed by atoms with Crippen LogP contribution >= 0.6 is 0 Å². The average Bonchev–Trinajstić information content (AvgIpc) is 2.66. The number of alkyl halides is 3. The third kappa shape index (κ3) is 5.41. The molecule has 1 heterocycles. The predicted octanol–water partition coefficient (Wildman–Crippen LogP) is 2.63. The Kier molecular flexibility index (Phi) is 7.32. The highest BCUT2D eigenvalue weighted by Crippen LogP contribution is 2.37. The lowest BCUT2D eigenvalue weighted by Crippen LogP contribution is -2.54. The number of esters is 1. The summed E-state index contributed by atoms with van der Waals surface area (Å²) in [5.41, 5.74) is 6.01. The number of quaternary nitrogens is 1. The first-order valence-corrected chi connectivity index (χ1v) is 10.7. The minimum Gasteiger partial charge on any atom is -0.479 e. The van der Waals surface area contributed by atoms with Crippen LogP contribution in [-0.4, -0.2) is 52.1 Å². The van der Waals surface area contributed by atoms with Gasteiger partial charge in [-0.05, 0) is 26.0 Å². The zero-order valence-electron chi connectivity index (χ0n) is 16.6. The van der Waals surface area contributed by atoms with E-state index in [1.165, 1.54) is 43.5 Å². The molecule has 11 heteroatoms. The Morgan fingerprint density at radius 3 is 2.63 bits per heavy atom. The monoisotopic (exact) mass is 449 g/mol. The van der Waals surface area contributed by atoms with Gasteiger partial charge >= 0.3 is 22.2 Å². The minimum atomic E-state index is -4.92. The standard InChI is InChI=1S/C19H24F3N2O5S/c1-3-28-18(25)14(2)29-17-8-4-7-16(10-17)24(9-5-6-15(11-23)12-24)30(26,27)13-19(20,21)22/h4-8,10,12,14H,3,9,11,13,23H2,1-2H3/q+1. The summed E-state index contributed by atoms with van der Waals surface area (Å²) in [6.45, 7) is 2.94. The fraction of sp³-hybridized carbons (Fsp3) is 0.421. The van der Waals surface area contributed by atoms with Gasteiger partial charge in [-0.3, -0.25) is 0 Å². The Hall–Kier alpha value is -2.37. The number of nitrogens with two attached hydrogens (primary N) is 1. The van der Waals surface area contributed by atoms with Crippen molar-refractivity contribution in [2.24, 2.45) is 5.73 Å². The molecule has 1 aromatic carbocycles. The summed E-state index contributed by atoms with van der Waals surface area (Å²) < 4.78 is 74.3. The first-order chi connectivity index (χ1) is 13.9. The molecule has 0 saturated heterocycles. The van der Waals surface area contributed by atoms with Gasteiger partial charge in [0.25, 0.3) is 0 Å². The third-order valence-electron chi connectivity index (χ3n) is 4.35. The molecule has 0 bridgehead atoms. The first-order valence-electron chi connectivity index (χ1n) is 9.14. The number of rotatable bonds is 8. The van der Waals surface area contributed by atoms with Crippen molar-refractivity contribution in [3.8, 4) is 5.75 Å². The second-order valence-corrected chi connectivity index (χ2v) is 8.74. The van der Waals surface area contributed by atoms with Crippen LogP contribution in [0.25, 0.3) is 0 Å². The topological polar surface area (TPSA) is 95.7 Å². The molecule has 1 aromatic rings. The SMILES string of the molecule is CCOC(=O)C(C)Oc1cccc([N+]2(S(=O)(=O)CC(F)(F)F)C=C(CN)C=CC2)c1. The molecule has 166 valence electrons. The molecule has 0 aromatic heterocycles. The van der Waals surface area contributed by atoms with E-state index >= 15 is 0 Å². The van der Waals surface area contributed by atoms with Crippen LogP contribution in [-0.2, 0) is 19.6 Å². The summed E-state index contributed by atoms with van der Waals surface area (Å²) in [4.78, 5) is 11.8. The van der Waals surface area contributed by atoms with E-state index in [4.69, 9.17) is 15.2 Å². The zero-order valence-corrected chi connectivity index (χ0v) is 17.4. The number of hydrogen-bond donors (Lipinski definition) is 1. The van der Waals surface area contributed by atoms with Gasteiger partial charge < -0.3 is 15.2 Å². The molecular weight excluding hydrogens is 425 g/mol. The number of nitrogens with zero attached hydrogens (tertiary/aromatic N) is 1. The van der Waals surface area contributed by atoms with E-state index in [2.05, 4.69) is 0 Å². The Morgan fingerprint density at radius 2 is 2.03 bits per heavy atom. The molecule has 0 amide bonds. The van der Waals surface area contributed by atoms with Crippen molar-refractivity contribution < 1.29 is 35.9 Å². The Labute approximate surface area is 173 Å². The van der Waals surface area contributed by atoms with Crippen LogP contribution in [0.3, 0.4) is 0 Å². The smallest absolute Gasteiger partial charge is 0.408 e. The molecule has 7 nitrogen and oxygen atoms in total. The molecule has 1 aliphatic heterocycles. The van der Waals surface area contributed by atoms with Gasteiger partial charge in [0, 0.05) is 24.3 Å². The number of sulfonamides is 1. The second-order valence-electron chi connectivity index (χ2n) is 6.64. The highest BCUT2D eigenvalue weighted by Gasteiger charge is 2.50. The van der Waals surface area contributed by atoms with Gasteiger partial charge in [0.1, 0.15) is 18.5 Å². The highest BCUT2D eigenvalue weighted by atomic mass is 32.2. The number of benzene rings is 1. The number of carbonyl (C=O) groups is 1. The van der Waals surface area contributed by atoms with E-state index in [9.17, 15) is 26.4 Å². The van der Waals surface area contributed by atoms with E-state index in [-0.39, 0.29) is 31.1 Å². The molecule has 0 fully saturated rings. The van der Waals surface area contributed by atoms with Gasteiger partial charge in [-0.1, -0.05) is 12.1 Å². The fourth-order valence-corrected chi connectivity index (χ4v) is 4.69. The van der Waals surface area contributed by atoms with Crippen LogP contribution in [0.5, 0.6) is 5.75 Å². The molecule has 0 saturated carbocycles. The molecule has 0 aliphatic carbocycles. The van der Waals surface area contributed by atoms with Gasteiger partial charge in [-0.15, -0.1) is 0 Å². The normalized spacial score (nSPS) is 20.4.